The fourth-order valence-electron chi connectivity index (χ4n) is 8.54. The zero-order valence-corrected chi connectivity index (χ0v) is 32.4. The van der Waals surface area contributed by atoms with Crippen molar-refractivity contribution < 1.29 is 13.2 Å². The fraction of sp³-hybridized carbons (Fsp3) is 0.0189. The Hall–Kier alpha value is -8.89. The summed E-state index contributed by atoms with van der Waals surface area (Å²) in [5, 5.41) is 22.6. The molecule has 0 amide bonds. The van der Waals surface area contributed by atoms with Gasteiger partial charge in [0.15, 0.2) is 11.4 Å². The Morgan fingerprint density at radius 2 is 0.919 bits per heavy atom. The topological polar surface area (TPSA) is 66.2 Å². The number of hydrogen-bond acceptors (Lipinski definition) is 2. The molecule has 0 aliphatic rings. The Bertz CT molecular complexity index is 3660. The number of fused-ring (bicyclic) bond motifs is 6. The van der Waals surface area contributed by atoms with Gasteiger partial charge in [-0.05, 0) is 124 Å². The van der Waals surface area contributed by atoms with Gasteiger partial charge in [0, 0.05) is 27.1 Å². The molecule has 62 heavy (non-hydrogen) atoms. The van der Waals surface area contributed by atoms with E-state index in [0.717, 1.165) is 78.0 Å². The van der Waals surface area contributed by atoms with Gasteiger partial charge in [0.05, 0.1) is 69.9 Å². The molecule has 0 saturated heterocycles. The predicted molar refractivity (Wildman–Crippen MR) is 238 cm³/mol. The summed E-state index contributed by atoms with van der Waals surface area (Å²) in [5.74, 6) is 0. The second-order valence-corrected chi connectivity index (χ2v) is 14.9. The number of rotatable bonds is 5. The number of hydrogen-bond donors (Lipinski definition) is 0. The molecular formula is C53H27F3N6. The number of alkyl halides is 3. The maximum atomic E-state index is 14.3. The Morgan fingerprint density at radius 3 is 1.39 bits per heavy atom. The standard InChI is InChI=1S/C53H27F3N6/c1-59-40-24-38(23-39(27-40)53(54,55)56)43-28-51(61-47-9-5-3-7-41(47)44-25-36(19-21-49(44)61)34-15-11-32(30-57)12-16-34)52(29-46(43)60-2)62-48-10-6-4-8-42(48)45-26-37(20-22-50(45)62)35-17-13-33(31-58)14-18-35/h3-29H. The quantitative estimate of drug-likeness (QED) is 0.163. The van der Waals surface area contributed by atoms with Gasteiger partial charge in [-0.1, -0.05) is 72.8 Å². The third kappa shape index (κ3) is 6.09. The SMILES string of the molecule is [C-]#[N+]c1cc(-c2cc(-n3c4ccccc4c4cc(-c5ccc(C#N)cc5)ccc43)c(-n3c4ccccc4c4cc(-c5ccc(C#N)cc5)ccc43)cc2[N+]#[C-])cc(C(F)(F)F)c1. The van der Waals surface area contributed by atoms with E-state index < -0.39 is 11.7 Å². The van der Waals surface area contributed by atoms with Crippen LogP contribution in [0.1, 0.15) is 16.7 Å². The molecule has 6 nitrogen and oxygen atoms in total. The van der Waals surface area contributed by atoms with Crippen molar-refractivity contribution in [2.24, 2.45) is 0 Å². The van der Waals surface area contributed by atoms with E-state index in [1.165, 1.54) is 6.07 Å². The van der Waals surface area contributed by atoms with E-state index in [0.29, 0.717) is 22.5 Å². The lowest BCUT2D eigenvalue weighted by atomic mass is 9.98. The van der Waals surface area contributed by atoms with Crippen molar-refractivity contribution in [3.8, 4) is 56.9 Å². The molecule has 0 N–H and O–H groups in total. The second kappa shape index (κ2) is 14.4. The Labute approximate surface area is 353 Å². The van der Waals surface area contributed by atoms with Crippen molar-refractivity contribution in [2.45, 2.75) is 6.18 Å². The first-order valence-corrected chi connectivity index (χ1v) is 19.4. The van der Waals surface area contributed by atoms with Gasteiger partial charge in [-0.25, -0.2) is 9.69 Å². The van der Waals surface area contributed by atoms with Gasteiger partial charge in [0.1, 0.15) is 0 Å². The Kier molecular flexibility index (Phi) is 8.70. The summed E-state index contributed by atoms with van der Waals surface area (Å²) in [4.78, 5) is 7.30. The molecule has 10 aromatic rings. The summed E-state index contributed by atoms with van der Waals surface area (Å²) in [6.45, 7) is 16.1. The van der Waals surface area contributed by atoms with E-state index in [1.54, 1.807) is 36.4 Å². The van der Waals surface area contributed by atoms with Crippen LogP contribution >= 0.6 is 0 Å². The van der Waals surface area contributed by atoms with E-state index in [9.17, 15) is 23.7 Å². The van der Waals surface area contributed by atoms with E-state index in [4.69, 9.17) is 13.1 Å². The van der Waals surface area contributed by atoms with Gasteiger partial charge in [-0.2, -0.15) is 23.7 Å². The maximum Gasteiger partial charge on any atom is 0.415 e. The summed E-state index contributed by atoms with van der Waals surface area (Å²) in [6.07, 6.45) is -4.73. The van der Waals surface area contributed by atoms with Gasteiger partial charge in [-0.3, -0.25) is 0 Å². The maximum absolute atomic E-state index is 14.3. The van der Waals surface area contributed by atoms with E-state index in [-0.39, 0.29) is 22.5 Å². The molecule has 0 radical (unpaired) electrons. The summed E-state index contributed by atoms with van der Waals surface area (Å²) < 4.78 is 47.2. The Morgan fingerprint density at radius 1 is 0.452 bits per heavy atom. The summed E-state index contributed by atoms with van der Waals surface area (Å²) in [5.41, 5.74) is 8.72. The highest BCUT2D eigenvalue weighted by atomic mass is 19.4. The average molecular weight is 805 g/mol. The van der Waals surface area contributed by atoms with Crippen LogP contribution in [0.4, 0.5) is 24.5 Å². The lowest BCUT2D eigenvalue weighted by Crippen LogP contribution is -2.06. The molecule has 9 heteroatoms. The van der Waals surface area contributed by atoms with Crippen LogP contribution in [-0.4, -0.2) is 9.13 Å². The van der Waals surface area contributed by atoms with Crippen LogP contribution < -0.4 is 0 Å². The highest BCUT2D eigenvalue weighted by Gasteiger charge is 2.32. The largest absolute Gasteiger partial charge is 0.415 e. The molecular weight excluding hydrogens is 778 g/mol. The monoisotopic (exact) mass is 804 g/mol. The molecule has 0 aliphatic heterocycles. The average Bonchev–Trinajstić information content (AvgIpc) is 3.82. The van der Waals surface area contributed by atoms with E-state index in [1.807, 2.05) is 97.1 Å². The number of nitrogens with zero attached hydrogens (tertiary/aromatic N) is 6. The minimum absolute atomic E-state index is 0.0998. The van der Waals surface area contributed by atoms with Crippen LogP contribution in [0.25, 0.3) is 98.1 Å². The summed E-state index contributed by atoms with van der Waals surface area (Å²) >= 11 is 0. The van der Waals surface area contributed by atoms with Crippen molar-refractivity contribution >= 4 is 55.0 Å². The number of aromatic nitrogens is 2. The first kappa shape index (κ1) is 37.4. The van der Waals surface area contributed by atoms with Crippen LogP contribution in [0.15, 0.2) is 164 Å². The smallest absolute Gasteiger partial charge is 0.308 e. The lowest BCUT2D eigenvalue weighted by molar-refractivity contribution is -0.137. The van der Waals surface area contributed by atoms with E-state index >= 15 is 0 Å². The van der Waals surface area contributed by atoms with Crippen LogP contribution in [0.5, 0.6) is 0 Å². The lowest BCUT2D eigenvalue weighted by Gasteiger charge is -2.20. The van der Waals surface area contributed by atoms with Gasteiger partial charge < -0.3 is 9.13 Å². The van der Waals surface area contributed by atoms with Crippen molar-refractivity contribution in [1.82, 2.24) is 9.13 Å². The third-order valence-corrected chi connectivity index (χ3v) is 11.4. The Balaban J connectivity index is 1.31. The van der Waals surface area contributed by atoms with Crippen molar-refractivity contribution in [3.63, 3.8) is 0 Å². The zero-order chi connectivity index (χ0) is 42.7. The first-order chi connectivity index (χ1) is 30.2. The summed E-state index contributed by atoms with van der Waals surface area (Å²) in [6, 6.07) is 54.1. The van der Waals surface area contributed by atoms with Crippen LogP contribution in [0, 0.1) is 35.8 Å². The first-order valence-electron chi connectivity index (χ1n) is 19.4. The molecule has 0 saturated carbocycles. The zero-order valence-electron chi connectivity index (χ0n) is 32.4. The number of nitriles is 2. The van der Waals surface area contributed by atoms with Crippen molar-refractivity contribution in [3.05, 3.63) is 203 Å². The summed E-state index contributed by atoms with van der Waals surface area (Å²) in [7, 11) is 0. The predicted octanol–water partition coefficient (Wildman–Crippen LogP) is 14.7. The van der Waals surface area contributed by atoms with Gasteiger partial charge in [-0.15, -0.1) is 0 Å². The van der Waals surface area contributed by atoms with Crippen molar-refractivity contribution in [2.75, 3.05) is 0 Å². The molecule has 0 bridgehead atoms. The number of halogens is 3. The molecule has 0 spiro atoms. The molecule has 8 aromatic carbocycles. The normalized spacial score (nSPS) is 11.4. The van der Waals surface area contributed by atoms with Crippen LogP contribution in [0.3, 0.4) is 0 Å². The second-order valence-electron chi connectivity index (χ2n) is 14.9. The molecule has 0 fully saturated rings. The number of benzene rings is 8. The highest BCUT2D eigenvalue weighted by Crippen LogP contribution is 2.46. The molecule has 10 rings (SSSR count). The molecule has 0 aliphatic carbocycles. The third-order valence-electron chi connectivity index (χ3n) is 11.4. The molecule has 2 heterocycles. The minimum atomic E-state index is -4.73. The van der Waals surface area contributed by atoms with Crippen LogP contribution in [-0.2, 0) is 6.18 Å². The fourth-order valence-corrected chi connectivity index (χ4v) is 8.54. The molecule has 290 valence electrons. The molecule has 2 aromatic heterocycles. The van der Waals surface area contributed by atoms with Crippen LogP contribution in [0.2, 0.25) is 0 Å². The van der Waals surface area contributed by atoms with Gasteiger partial charge >= 0.3 is 6.18 Å². The van der Waals surface area contributed by atoms with E-state index in [2.05, 4.69) is 43.1 Å². The molecule has 0 unspecified atom stereocenters. The van der Waals surface area contributed by atoms with Gasteiger partial charge in [0.2, 0.25) is 0 Å². The number of para-hydroxylation sites is 2. The minimum Gasteiger partial charge on any atom is -0.308 e. The highest BCUT2D eigenvalue weighted by molar-refractivity contribution is 6.13. The van der Waals surface area contributed by atoms with Crippen molar-refractivity contribution in [1.29, 1.82) is 10.5 Å². The van der Waals surface area contributed by atoms with Gasteiger partial charge in [0.25, 0.3) is 0 Å². The molecule has 0 atom stereocenters.